The number of nitrogen functional groups attached to an aromatic ring is 1. The highest BCUT2D eigenvalue weighted by molar-refractivity contribution is 5.94. The van der Waals surface area contributed by atoms with E-state index in [0.29, 0.717) is 24.2 Å². The third-order valence-corrected chi connectivity index (χ3v) is 2.65. The zero-order valence-corrected chi connectivity index (χ0v) is 10.6. The first kappa shape index (κ1) is 12.9. The van der Waals surface area contributed by atoms with Gasteiger partial charge in [-0.25, -0.2) is 4.98 Å². The first-order valence-corrected chi connectivity index (χ1v) is 5.84. The molecule has 0 saturated heterocycles. The summed E-state index contributed by atoms with van der Waals surface area (Å²) in [5.41, 5.74) is 12.7. The number of nitrogens with two attached hydrogens (primary N) is 2. The Morgan fingerprint density at radius 3 is 2.84 bits per heavy atom. The van der Waals surface area contributed by atoms with E-state index in [1.807, 2.05) is 7.05 Å². The third kappa shape index (κ3) is 3.21. The van der Waals surface area contributed by atoms with Gasteiger partial charge < -0.3 is 16.8 Å². The van der Waals surface area contributed by atoms with E-state index in [2.05, 4.69) is 15.4 Å². The van der Waals surface area contributed by atoms with Gasteiger partial charge in [-0.15, -0.1) is 0 Å². The van der Waals surface area contributed by atoms with E-state index in [1.165, 1.54) is 0 Å². The van der Waals surface area contributed by atoms with Crippen LogP contribution in [0.4, 0.5) is 11.4 Å². The van der Waals surface area contributed by atoms with Gasteiger partial charge in [0.25, 0.3) is 0 Å². The molecule has 100 valence electrons. The third-order valence-electron chi connectivity index (χ3n) is 2.65. The zero-order chi connectivity index (χ0) is 13.8. The van der Waals surface area contributed by atoms with Crippen molar-refractivity contribution in [3.8, 4) is 0 Å². The summed E-state index contributed by atoms with van der Waals surface area (Å²) in [4.78, 5) is 15.1. The van der Waals surface area contributed by atoms with Crippen LogP contribution in [0.3, 0.4) is 0 Å². The molecule has 0 fully saturated rings. The van der Waals surface area contributed by atoms with E-state index in [-0.39, 0.29) is 0 Å². The number of aromatic nitrogens is 3. The zero-order valence-electron chi connectivity index (χ0n) is 10.6. The van der Waals surface area contributed by atoms with Gasteiger partial charge in [-0.05, 0) is 18.2 Å². The number of aryl methyl sites for hydroxylation is 1. The lowest BCUT2D eigenvalue weighted by Crippen LogP contribution is -2.12. The van der Waals surface area contributed by atoms with Crippen molar-refractivity contribution in [2.24, 2.45) is 12.8 Å². The molecule has 7 nitrogen and oxygen atoms in total. The minimum Gasteiger partial charge on any atom is -0.397 e. The SMILES string of the molecule is Cn1cnc(CCNc2ccc(C(N)=O)cc2N)n1. The fourth-order valence-corrected chi connectivity index (χ4v) is 1.68. The second kappa shape index (κ2) is 5.38. The van der Waals surface area contributed by atoms with Gasteiger partial charge in [0.15, 0.2) is 5.82 Å². The minimum atomic E-state index is -0.490. The molecule has 19 heavy (non-hydrogen) atoms. The average molecular weight is 260 g/mol. The number of nitrogens with one attached hydrogen (secondary N) is 1. The molecule has 0 spiro atoms. The lowest BCUT2D eigenvalue weighted by Gasteiger charge is -2.09. The Kier molecular flexibility index (Phi) is 3.65. The molecule has 2 aromatic rings. The molecule has 0 saturated carbocycles. The molecule has 1 heterocycles. The molecule has 2 rings (SSSR count). The van der Waals surface area contributed by atoms with Gasteiger partial charge in [0.1, 0.15) is 6.33 Å². The van der Waals surface area contributed by atoms with Crippen molar-refractivity contribution in [1.29, 1.82) is 0 Å². The largest absolute Gasteiger partial charge is 0.397 e. The van der Waals surface area contributed by atoms with E-state index in [1.54, 1.807) is 29.2 Å². The van der Waals surface area contributed by atoms with E-state index in [0.717, 1.165) is 11.5 Å². The van der Waals surface area contributed by atoms with Crippen LogP contribution < -0.4 is 16.8 Å². The quantitative estimate of drug-likeness (QED) is 0.662. The van der Waals surface area contributed by atoms with Gasteiger partial charge in [0.05, 0.1) is 11.4 Å². The smallest absolute Gasteiger partial charge is 0.248 e. The van der Waals surface area contributed by atoms with Gasteiger partial charge in [0, 0.05) is 25.6 Å². The monoisotopic (exact) mass is 260 g/mol. The van der Waals surface area contributed by atoms with Crippen LogP contribution >= 0.6 is 0 Å². The summed E-state index contributed by atoms with van der Waals surface area (Å²) in [5, 5.41) is 7.35. The Hall–Kier alpha value is -2.57. The van der Waals surface area contributed by atoms with Crippen LogP contribution in [0, 0.1) is 0 Å². The Balaban J connectivity index is 1.94. The molecular weight excluding hydrogens is 244 g/mol. The van der Waals surface area contributed by atoms with Crippen molar-refractivity contribution in [1.82, 2.24) is 14.8 Å². The number of hydrogen-bond donors (Lipinski definition) is 3. The highest BCUT2D eigenvalue weighted by Gasteiger charge is 2.05. The van der Waals surface area contributed by atoms with Crippen LogP contribution in [0.5, 0.6) is 0 Å². The normalized spacial score (nSPS) is 10.4. The second-order valence-corrected chi connectivity index (χ2v) is 4.18. The van der Waals surface area contributed by atoms with Crippen molar-refractivity contribution in [2.45, 2.75) is 6.42 Å². The molecule has 0 radical (unpaired) electrons. The first-order valence-electron chi connectivity index (χ1n) is 5.84. The molecule has 0 aliphatic rings. The summed E-state index contributed by atoms with van der Waals surface area (Å²) in [6.45, 7) is 0.657. The van der Waals surface area contributed by atoms with Crippen molar-refractivity contribution in [3.05, 3.63) is 35.9 Å². The number of amides is 1. The summed E-state index contributed by atoms with van der Waals surface area (Å²) in [5.74, 6) is 0.276. The number of primary amides is 1. The molecule has 1 aromatic carbocycles. The summed E-state index contributed by atoms with van der Waals surface area (Å²) in [6, 6.07) is 4.94. The summed E-state index contributed by atoms with van der Waals surface area (Å²) in [6.07, 6.45) is 2.35. The standard InChI is InChI=1S/C12H16N6O/c1-18-7-16-11(17-18)4-5-15-10-3-2-8(12(14)19)6-9(10)13/h2-3,6-7,15H,4-5,13H2,1H3,(H2,14,19). The molecule has 0 unspecified atom stereocenters. The molecule has 1 aromatic heterocycles. The first-order chi connectivity index (χ1) is 9.06. The molecule has 0 aliphatic heterocycles. The fraction of sp³-hybridized carbons (Fsp3) is 0.250. The van der Waals surface area contributed by atoms with Crippen molar-refractivity contribution in [3.63, 3.8) is 0 Å². The summed E-state index contributed by atoms with van der Waals surface area (Å²) >= 11 is 0. The maximum absolute atomic E-state index is 11.0. The van der Waals surface area contributed by atoms with Crippen LogP contribution in [0.1, 0.15) is 16.2 Å². The highest BCUT2D eigenvalue weighted by atomic mass is 16.1. The Morgan fingerprint density at radius 1 is 1.47 bits per heavy atom. The number of nitrogens with zero attached hydrogens (tertiary/aromatic N) is 3. The molecule has 0 atom stereocenters. The lowest BCUT2D eigenvalue weighted by atomic mass is 10.1. The van der Waals surface area contributed by atoms with Gasteiger partial charge in [-0.2, -0.15) is 5.10 Å². The van der Waals surface area contributed by atoms with Crippen LogP contribution in [0.2, 0.25) is 0 Å². The van der Waals surface area contributed by atoms with Crippen molar-refractivity contribution < 1.29 is 4.79 Å². The number of benzene rings is 1. The van der Waals surface area contributed by atoms with Crippen LogP contribution in [-0.2, 0) is 13.5 Å². The predicted octanol–water partition coefficient (Wildman–Crippen LogP) is 0.151. The molecule has 0 bridgehead atoms. The predicted molar refractivity (Wildman–Crippen MR) is 72.6 cm³/mol. The highest BCUT2D eigenvalue weighted by Crippen LogP contribution is 2.19. The van der Waals surface area contributed by atoms with E-state index < -0.39 is 5.91 Å². The molecule has 5 N–H and O–H groups in total. The van der Waals surface area contributed by atoms with Gasteiger partial charge >= 0.3 is 0 Å². The Morgan fingerprint density at radius 2 is 2.26 bits per heavy atom. The number of hydrogen-bond acceptors (Lipinski definition) is 5. The maximum Gasteiger partial charge on any atom is 0.248 e. The average Bonchev–Trinajstić information content (AvgIpc) is 2.77. The number of carbonyl (C=O) groups excluding carboxylic acids is 1. The minimum absolute atomic E-state index is 0.398. The van der Waals surface area contributed by atoms with Gasteiger partial charge in [0.2, 0.25) is 5.91 Å². The van der Waals surface area contributed by atoms with Crippen LogP contribution in [0.15, 0.2) is 24.5 Å². The van der Waals surface area contributed by atoms with Gasteiger partial charge in [-0.3, -0.25) is 9.48 Å². The molecule has 0 aliphatic carbocycles. The summed E-state index contributed by atoms with van der Waals surface area (Å²) < 4.78 is 1.66. The van der Waals surface area contributed by atoms with Crippen molar-refractivity contribution in [2.75, 3.05) is 17.6 Å². The van der Waals surface area contributed by atoms with E-state index in [4.69, 9.17) is 11.5 Å². The summed E-state index contributed by atoms with van der Waals surface area (Å²) in [7, 11) is 1.82. The number of rotatable bonds is 5. The molecule has 1 amide bonds. The van der Waals surface area contributed by atoms with E-state index >= 15 is 0 Å². The lowest BCUT2D eigenvalue weighted by molar-refractivity contribution is 0.100. The van der Waals surface area contributed by atoms with Gasteiger partial charge in [-0.1, -0.05) is 0 Å². The Labute approximate surface area is 110 Å². The second-order valence-electron chi connectivity index (χ2n) is 4.18. The number of anilines is 2. The van der Waals surface area contributed by atoms with Crippen LogP contribution in [-0.4, -0.2) is 27.2 Å². The topological polar surface area (TPSA) is 112 Å². The maximum atomic E-state index is 11.0. The molecule has 7 heteroatoms. The number of carbonyl (C=O) groups is 1. The molecular formula is C12H16N6O. The van der Waals surface area contributed by atoms with Crippen molar-refractivity contribution >= 4 is 17.3 Å². The van der Waals surface area contributed by atoms with E-state index in [9.17, 15) is 4.79 Å². The fourth-order valence-electron chi connectivity index (χ4n) is 1.68. The Bertz CT molecular complexity index is 592. The van der Waals surface area contributed by atoms with Crippen LogP contribution in [0.25, 0.3) is 0 Å².